The predicted molar refractivity (Wildman–Crippen MR) is 83.1 cm³/mol. The first kappa shape index (κ1) is 15.9. The Kier molecular flexibility index (Phi) is 5.16. The van der Waals surface area contributed by atoms with Crippen LogP contribution < -0.4 is 4.72 Å². The van der Waals surface area contributed by atoms with Gasteiger partial charge in [0.2, 0.25) is 0 Å². The summed E-state index contributed by atoms with van der Waals surface area (Å²) < 4.78 is 27.2. The van der Waals surface area contributed by atoms with Crippen LogP contribution in [-0.2, 0) is 10.0 Å². The van der Waals surface area contributed by atoms with Crippen LogP contribution in [0.15, 0.2) is 27.9 Å². The van der Waals surface area contributed by atoms with E-state index in [1.165, 1.54) is 6.20 Å². The van der Waals surface area contributed by atoms with Gasteiger partial charge in [-0.3, -0.25) is 0 Å². The van der Waals surface area contributed by atoms with Crippen LogP contribution in [0.5, 0.6) is 0 Å². The van der Waals surface area contributed by atoms with Crippen molar-refractivity contribution in [1.82, 2.24) is 14.6 Å². The van der Waals surface area contributed by atoms with Gasteiger partial charge in [-0.25, -0.2) is 18.1 Å². The largest absolute Gasteiger partial charge is 0.300 e. The van der Waals surface area contributed by atoms with E-state index in [2.05, 4.69) is 9.71 Å². The minimum atomic E-state index is -3.56. The molecule has 110 valence electrons. The summed E-state index contributed by atoms with van der Waals surface area (Å²) >= 11 is 8.22. The van der Waals surface area contributed by atoms with Crippen molar-refractivity contribution >= 4 is 44.3 Å². The fourth-order valence-corrected chi connectivity index (χ4v) is 4.94. The SMILES string of the molecule is CN(C)C(CNS(=O)(=O)c1cnc(Cl)s1)c1cccs1. The van der Waals surface area contributed by atoms with Gasteiger partial charge in [-0.05, 0) is 25.5 Å². The minimum Gasteiger partial charge on any atom is -0.300 e. The van der Waals surface area contributed by atoms with Crippen LogP contribution in [0.2, 0.25) is 4.47 Å². The van der Waals surface area contributed by atoms with Crippen molar-refractivity contribution in [2.45, 2.75) is 10.3 Å². The number of rotatable bonds is 6. The average Bonchev–Trinajstić information content (AvgIpc) is 3.00. The molecular weight excluding hydrogens is 338 g/mol. The van der Waals surface area contributed by atoms with E-state index in [0.29, 0.717) is 6.54 Å². The molecule has 5 nitrogen and oxygen atoms in total. The molecule has 9 heteroatoms. The number of thiazole rings is 1. The number of nitrogens with zero attached hydrogens (tertiary/aromatic N) is 2. The molecule has 0 bridgehead atoms. The lowest BCUT2D eigenvalue weighted by atomic mass is 10.2. The van der Waals surface area contributed by atoms with Crippen molar-refractivity contribution in [1.29, 1.82) is 0 Å². The first-order valence-electron chi connectivity index (χ1n) is 5.71. The Balaban J connectivity index is 2.10. The molecule has 0 radical (unpaired) electrons. The highest BCUT2D eigenvalue weighted by atomic mass is 35.5. The molecule has 0 fully saturated rings. The maximum absolute atomic E-state index is 12.1. The van der Waals surface area contributed by atoms with Gasteiger partial charge in [0.15, 0.2) is 8.68 Å². The summed E-state index contributed by atoms with van der Waals surface area (Å²) in [6, 6.07) is 3.94. The molecule has 0 spiro atoms. The molecule has 2 rings (SSSR count). The van der Waals surface area contributed by atoms with E-state index in [0.717, 1.165) is 16.2 Å². The Morgan fingerprint density at radius 3 is 2.75 bits per heavy atom. The quantitative estimate of drug-likeness (QED) is 0.868. The number of aromatic nitrogens is 1. The summed E-state index contributed by atoms with van der Waals surface area (Å²) in [6.07, 6.45) is 1.27. The van der Waals surface area contributed by atoms with Crippen molar-refractivity contribution in [2.24, 2.45) is 0 Å². The molecule has 0 aromatic carbocycles. The van der Waals surface area contributed by atoms with Crippen LogP contribution >= 0.6 is 34.3 Å². The van der Waals surface area contributed by atoms with Crippen LogP contribution in [0.3, 0.4) is 0 Å². The van der Waals surface area contributed by atoms with Gasteiger partial charge < -0.3 is 4.90 Å². The third-order valence-corrected chi connectivity index (χ3v) is 6.66. The lowest BCUT2D eigenvalue weighted by molar-refractivity contribution is 0.303. The van der Waals surface area contributed by atoms with Gasteiger partial charge in [0.25, 0.3) is 10.0 Å². The summed E-state index contributed by atoms with van der Waals surface area (Å²) in [5.74, 6) is 0. The van der Waals surface area contributed by atoms with E-state index in [9.17, 15) is 8.42 Å². The zero-order valence-corrected chi connectivity index (χ0v) is 14.1. The van der Waals surface area contributed by atoms with E-state index in [-0.39, 0.29) is 14.7 Å². The number of hydrogen-bond donors (Lipinski definition) is 1. The normalized spacial score (nSPS) is 13.8. The molecule has 1 atom stereocenters. The number of nitrogens with one attached hydrogen (secondary N) is 1. The second-order valence-corrected chi connectivity index (χ2v) is 8.86. The molecule has 0 amide bonds. The van der Waals surface area contributed by atoms with Gasteiger partial charge in [0, 0.05) is 11.4 Å². The van der Waals surface area contributed by atoms with Gasteiger partial charge >= 0.3 is 0 Å². The lowest BCUT2D eigenvalue weighted by Gasteiger charge is -2.23. The van der Waals surface area contributed by atoms with Crippen molar-refractivity contribution in [3.8, 4) is 0 Å². The molecule has 1 N–H and O–H groups in total. The standard InChI is InChI=1S/C11H14ClN3O2S3/c1-15(2)8(9-4-3-5-18-9)6-14-20(16,17)10-7-13-11(12)19-10/h3-5,7-8,14H,6H2,1-2H3. The second kappa shape index (κ2) is 6.50. The van der Waals surface area contributed by atoms with E-state index < -0.39 is 10.0 Å². The van der Waals surface area contributed by atoms with Crippen molar-refractivity contribution in [3.05, 3.63) is 33.1 Å². The Hall–Kier alpha value is -0.510. The Labute approximate surface area is 131 Å². The van der Waals surface area contributed by atoms with Crippen LogP contribution in [0.4, 0.5) is 0 Å². The topological polar surface area (TPSA) is 62.3 Å². The Morgan fingerprint density at radius 1 is 1.50 bits per heavy atom. The van der Waals surface area contributed by atoms with E-state index in [4.69, 9.17) is 11.6 Å². The molecule has 0 aliphatic carbocycles. The first-order valence-corrected chi connectivity index (χ1v) is 9.26. The molecular formula is C11H14ClN3O2S3. The smallest absolute Gasteiger partial charge is 0.251 e. The molecule has 2 aromatic rings. The van der Waals surface area contributed by atoms with Gasteiger partial charge in [-0.1, -0.05) is 29.0 Å². The number of hydrogen-bond acceptors (Lipinski definition) is 6. The Morgan fingerprint density at radius 2 is 2.25 bits per heavy atom. The van der Waals surface area contributed by atoms with Gasteiger partial charge in [-0.2, -0.15) is 0 Å². The van der Waals surface area contributed by atoms with Gasteiger partial charge in [0.05, 0.1) is 12.2 Å². The zero-order chi connectivity index (χ0) is 14.8. The molecule has 1 unspecified atom stereocenters. The minimum absolute atomic E-state index is 0.00633. The fourth-order valence-electron chi connectivity index (χ4n) is 1.64. The highest BCUT2D eigenvalue weighted by Crippen LogP contribution is 2.25. The van der Waals surface area contributed by atoms with Gasteiger partial charge in [0.1, 0.15) is 0 Å². The molecule has 20 heavy (non-hydrogen) atoms. The first-order chi connectivity index (χ1) is 9.40. The van der Waals surface area contributed by atoms with Crippen LogP contribution in [-0.4, -0.2) is 38.9 Å². The number of halogens is 1. The van der Waals surface area contributed by atoms with E-state index in [1.54, 1.807) is 11.3 Å². The number of thiophene rings is 1. The second-order valence-electron chi connectivity index (χ2n) is 4.28. The summed E-state index contributed by atoms with van der Waals surface area (Å²) in [4.78, 5) is 6.84. The van der Waals surface area contributed by atoms with Crippen molar-refractivity contribution < 1.29 is 8.42 Å². The predicted octanol–water partition coefficient (Wildman–Crippen LogP) is 2.44. The number of sulfonamides is 1. The molecule has 0 saturated heterocycles. The van der Waals surface area contributed by atoms with E-state index >= 15 is 0 Å². The van der Waals surface area contributed by atoms with Crippen LogP contribution in [0, 0.1) is 0 Å². The summed E-state index contributed by atoms with van der Waals surface area (Å²) in [5, 5.41) is 1.98. The highest BCUT2D eigenvalue weighted by Gasteiger charge is 2.22. The molecule has 0 aliphatic rings. The van der Waals surface area contributed by atoms with Crippen LogP contribution in [0.1, 0.15) is 10.9 Å². The van der Waals surface area contributed by atoms with E-state index in [1.807, 2.05) is 36.5 Å². The average molecular weight is 352 g/mol. The Bertz CT molecular complexity index is 652. The molecule has 2 aromatic heterocycles. The highest BCUT2D eigenvalue weighted by molar-refractivity contribution is 7.91. The fraction of sp³-hybridized carbons (Fsp3) is 0.364. The summed E-state index contributed by atoms with van der Waals surface area (Å²) in [7, 11) is 0.278. The van der Waals surface area contributed by atoms with Crippen LogP contribution in [0.25, 0.3) is 0 Å². The number of likely N-dealkylation sites (N-methyl/N-ethyl adjacent to an activating group) is 1. The third kappa shape index (κ3) is 3.78. The lowest BCUT2D eigenvalue weighted by Crippen LogP contribution is -2.33. The summed E-state index contributed by atoms with van der Waals surface area (Å²) in [5.41, 5.74) is 0. The maximum Gasteiger partial charge on any atom is 0.251 e. The molecule has 2 heterocycles. The maximum atomic E-state index is 12.1. The monoisotopic (exact) mass is 351 g/mol. The molecule has 0 aliphatic heterocycles. The zero-order valence-electron chi connectivity index (χ0n) is 10.9. The van der Waals surface area contributed by atoms with Crippen molar-refractivity contribution in [2.75, 3.05) is 20.6 Å². The van der Waals surface area contributed by atoms with Gasteiger partial charge in [-0.15, -0.1) is 11.3 Å². The molecule has 0 saturated carbocycles. The third-order valence-electron chi connectivity index (χ3n) is 2.68. The van der Waals surface area contributed by atoms with Crippen molar-refractivity contribution in [3.63, 3.8) is 0 Å². The summed E-state index contributed by atoms with van der Waals surface area (Å²) in [6.45, 7) is 0.297.